The molecule has 4 heteroatoms. The van der Waals surface area contributed by atoms with Crippen LogP contribution in [0.15, 0.2) is 109 Å². The van der Waals surface area contributed by atoms with Gasteiger partial charge in [0.1, 0.15) is 5.75 Å². The van der Waals surface area contributed by atoms with Gasteiger partial charge in [-0.1, -0.05) is 79.7 Å². The second-order valence-electron chi connectivity index (χ2n) is 7.04. The van der Waals surface area contributed by atoms with E-state index in [0.717, 1.165) is 17.5 Å². The van der Waals surface area contributed by atoms with Crippen LogP contribution < -0.4 is 10.5 Å². The maximum Gasteiger partial charge on any atom is 0.343 e. The van der Waals surface area contributed by atoms with Crippen molar-refractivity contribution in [2.75, 3.05) is 0 Å². The molecule has 0 spiro atoms. The number of benzene rings is 4. The molecule has 0 heterocycles. The molecule has 1 amide bonds. The third-order valence-corrected chi connectivity index (χ3v) is 4.81. The Morgan fingerprint density at radius 3 is 1.75 bits per heavy atom. The van der Waals surface area contributed by atoms with Crippen molar-refractivity contribution in [2.24, 2.45) is 5.73 Å². The minimum Gasteiger partial charge on any atom is -0.422 e. The van der Waals surface area contributed by atoms with E-state index in [0.29, 0.717) is 16.9 Å². The molecular formula is C28H25NO3. The van der Waals surface area contributed by atoms with Crippen molar-refractivity contribution < 1.29 is 14.3 Å². The minimum absolute atomic E-state index is 0.341. The Morgan fingerprint density at radius 1 is 0.719 bits per heavy atom. The number of ether oxygens (including phenoxy) is 1. The van der Waals surface area contributed by atoms with Crippen molar-refractivity contribution in [3.05, 3.63) is 126 Å². The minimum atomic E-state index is -0.379. The van der Waals surface area contributed by atoms with Gasteiger partial charge in [-0.05, 0) is 53.9 Å². The number of aryl methyl sites for hydroxylation is 1. The highest BCUT2D eigenvalue weighted by Crippen LogP contribution is 2.31. The summed E-state index contributed by atoms with van der Waals surface area (Å²) in [5.74, 6) is -0.134. The lowest BCUT2D eigenvalue weighted by Gasteiger charge is -2.12. The molecule has 2 N–H and O–H groups in total. The van der Waals surface area contributed by atoms with Gasteiger partial charge in [0.05, 0.1) is 5.56 Å². The summed E-state index contributed by atoms with van der Waals surface area (Å²) in [4.78, 5) is 22.8. The second kappa shape index (κ2) is 11.3. The number of carbonyl (C=O) groups is 2. The van der Waals surface area contributed by atoms with Crippen molar-refractivity contribution in [1.82, 2.24) is 0 Å². The first-order chi connectivity index (χ1) is 15.6. The van der Waals surface area contributed by atoms with E-state index in [1.807, 2.05) is 66.7 Å². The molecule has 0 atom stereocenters. The van der Waals surface area contributed by atoms with Gasteiger partial charge < -0.3 is 10.5 Å². The van der Waals surface area contributed by atoms with Crippen molar-refractivity contribution >= 4 is 11.9 Å². The van der Waals surface area contributed by atoms with Crippen LogP contribution >= 0.6 is 0 Å². The molecule has 0 radical (unpaired) electrons. The number of hydrogen-bond donors (Lipinski definition) is 1. The van der Waals surface area contributed by atoms with Crippen LogP contribution in [0.25, 0.3) is 11.1 Å². The summed E-state index contributed by atoms with van der Waals surface area (Å²) in [5.41, 5.74) is 9.27. The highest BCUT2D eigenvalue weighted by molar-refractivity contribution is 5.93. The Kier molecular flexibility index (Phi) is 7.93. The average Bonchev–Trinajstić information content (AvgIpc) is 2.86. The quantitative estimate of drug-likeness (QED) is 0.320. The summed E-state index contributed by atoms with van der Waals surface area (Å²) < 4.78 is 5.65. The fourth-order valence-electron chi connectivity index (χ4n) is 3.06. The van der Waals surface area contributed by atoms with E-state index in [-0.39, 0.29) is 11.9 Å². The first kappa shape index (κ1) is 22.5. The van der Waals surface area contributed by atoms with Gasteiger partial charge in [0.2, 0.25) is 5.91 Å². The van der Waals surface area contributed by atoms with Crippen LogP contribution in [0.3, 0.4) is 0 Å². The van der Waals surface area contributed by atoms with Crippen LogP contribution in [0.5, 0.6) is 5.75 Å². The fourth-order valence-corrected chi connectivity index (χ4v) is 3.06. The lowest BCUT2D eigenvalue weighted by atomic mass is 10.0. The molecule has 0 unspecified atom stereocenters. The zero-order valence-corrected chi connectivity index (χ0v) is 17.9. The van der Waals surface area contributed by atoms with Crippen LogP contribution in [-0.4, -0.2) is 11.9 Å². The Bertz CT molecular complexity index is 1160. The van der Waals surface area contributed by atoms with E-state index in [1.165, 1.54) is 5.56 Å². The maximum absolute atomic E-state index is 12.3. The summed E-state index contributed by atoms with van der Waals surface area (Å²) in [7, 11) is 0. The molecule has 4 aromatic rings. The topological polar surface area (TPSA) is 69.4 Å². The van der Waals surface area contributed by atoms with Gasteiger partial charge in [-0.25, -0.2) is 4.79 Å². The van der Waals surface area contributed by atoms with Gasteiger partial charge >= 0.3 is 5.97 Å². The molecule has 32 heavy (non-hydrogen) atoms. The van der Waals surface area contributed by atoms with Crippen molar-refractivity contribution in [2.45, 2.75) is 13.3 Å². The molecule has 0 aromatic heterocycles. The number of carbonyl (C=O) groups excluding carboxylic acids is 2. The number of hydrogen-bond acceptors (Lipinski definition) is 3. The molecule has 4 nitrogen and oxygen atoms in total. The summed E-state index contributed by atoms with van der Waals surface area (Å²) in [6.45, 7) is 2.11. The molecule has 0 bridgehead atoms. The second-order valence-corrected chi connectivity index (χ2v) is 7.04. The zero-order chi connectivity index (χ0) is 22.8. The van der Waals surface area contributed by atoms with E-state index in [1.54, 1.807) is 36.4 Å². The predicted octanol–water partition coefficient (Wildman–Crippen LogP) is 5.92. The maximum atomic E-state index is 12.3. The summed E-state index contributed by atoms with van der Waals surface area (Å²) in [5, 5.41) is 0. The molecule has 0 saturated carbocycles. The number of primary amides is 1. The summed E-state index contributed by atoms with van der Waals surface area (Å²) in [6.07, 6.45) is 0.937. The lowest BCUT2D eigenvalue weighted by molar-refractivity contribution is 0.0735. The van der Waals surface area contributed by atoms with Gasteiger partial charge in [0, 0.05) is 11.1 Å². The molecular weight excluding hydrogens is 398 g/mol. The number of nitrogens with two attached hydrogens (primary N) is 1. The Balaban J connectivity index is 0.000000269. The zero-order valence-electron chi connectivity index (χ0n) is 17.9. The number of amides is 1. The third kappa shape index (κ3) is 6.16. The monoisotopic (exact) mass is 423 g/mol. The first-order valence-corrected chi connectivity index (χ1v) is 10.4. The molecule has 0 fully saturated rings. The van der Waals surface area contributed by atoms with Gasteiger partial charge in [0.25, 0.3) is 0 Å². The first-order valence-electron chi connectivity index (χ1n) is 10.4. The normalized spacial score (nSPS) is 9.91. The van der Waals surface area contributed by atoms with Crippen LogP contribution in [0, 0.1) is 0 Å². The molecule has 0 aliphatic carbocycles. The van der Waals surface area contributed by atoms with Gasteiger partial charge in [0.15, 0.2) is 0 Å². The van der Waals surface area contributed by atoms with E-state index in [9.17, 15) is 9.59 Å². The van der Waals surface area contributed by atoms with Crippen LogP contribution in [-0.2, 0) is 6.42 Å². The number of esters is 1. The van der Waals surface area contributed by atoms with E-state index in [2.05, 4.69) is 13.0 Å². The van der Waals surface area contributed by atoms with E-state index in [4.69, 9.17) is 10.5 Å². The summed E-state index contributed by atoms with van der Waals surface area (Å²) in [6, 6.07) is 33.8. The Morgan fingerprint density at radius 2 is 1.25 bits per heavy atom. The molecule has 0 saturated heterocycles. The largest absolute Gasteiger partial charge is 0.422 e. The van der Waals surface area contributed by atoms with Crippen LogP contribution in [0.1, 0.15) is 33.2 Å². The van der Waals surface area contributed by atoms with E-state index >= 15 is 0 Å². The van der Waals surface area contributed by atoms with E-state index < -0.39 is 0 Å². The Hall–Kier alpha value is -4.18. The Labute approximate surface area is 188 Å². The van der Waals surface area contributed by atoms with Crippen LogP contribution in [0.2, 0.25) is 0 Å². The van der Waals surface area contributed by atoms with Gasteiger partial charge in [-0.15, -0.1) is 0 Å². The van der Waals surface area contributed by atoms with Gasteiger partial charge in [-0.2, -0.15) is 0 Å². The molecule has 160 valence electrons. The average molecular weight is 424 g/mol. The standard InChI is InChI=1S/C21H18O2.C7H7NO/c1-2-16-13-14-20(19(15-16)17-9-5-3-6-10-17)23-21(22)18-11-7-4-8-12-18;8-7(9)6-4-2-1-3-5-6/h3-15H,2H2,1H3;1-5H,(H2,8,9). The highest BCUT2D eigenvalue weighted by Gasteiger charge is 2.13. The van der Waals surface area contributed by atoms with Crippen molar-refractivity contribution in [3.8, 4) is 16.9 Å². The molecule has 0 aliphatic heterocycles. The fraction of sp³-hybridized carbons (Fsp3) is 0.0714. The van der Waals surface area contributed by atoms with Gasteiger partial charge in [-0.3, -0.25) is 4.79 Å². The summed E-state index contributed by atoms with van der Waals surface area (Å²) >= 11 is 0. The predicted molar refractivity (Wildman–Crippen MR) is 128 cm³/mol. The smallest absolute Gasteiger partial charge is 0.343 e. The number of rotatable bonds is 5. The van der Waals surface area contributed by atoms with Crippen molar-refractivity contribution in [3.63, 3.8) is 0 Å². The molecule has 0 aliphatic rings. The molecule has 4 aromatic carbocycles. The lowest BCUT2D eigenvalue weighted by Crippen LogP contribution is -2.09. The molecule has 4 rings (SSSR count). The highest BCUT2D eigenvalue weighted by atomic mass is 16.5. The third-order valence-electron chi connectivity index (χ3n) is 4.81. The SMILES string of the molecule is CCc1ccc(OC(=O)c2ccccc2)c(-c2ccccc2)c1.NC(=O)c1ccccc1. The van der Waals surface area contributed by atoms with Crippen molar-refractivity contribution in [1.29, 1.82) is 0 Å². The van der Waals surface area contributed by atoms with Crippen LogP contribution in [0.4, 0.5) is 0 Å².